The maximum absolute atomic E-state index is 12.7. The van der Waals surface area contributed by atoms with E-state index in [0.717, 1.165) is 0 Å². The lowest BCUT2D eigenvalue weighted by molar-refractivity contribution is -0.115. The van der Waals surface area contributed by atoms with Crippen LogP contribution in [0, 0.1) is 0 Å². The molecule has 2 aromatic rings. The topological polar surface area (TPSA) is 87.3 Å². The highest BCUT2D eigenvalue weighted by Crippen LogP contribution is 2.19. The lowest BCUT2D eigenvalue weighted by atomic mass is 10.0. The van der Waals surface area contributed by atoms with Crippen molar-refractivity contribution in [2.45, 2.75) is 13.8 Å². The highest BCUT2D eigenvalue weighted by atomic mass is 16.2. The van der Waals surface area contributed by atoms with Crippen LogP contribution in [0.3, 0.4) is 0 Å². The fraction of sp³-hybridized carbons (Fsp3) is 0.125. The van der Waals surface area contributed by atoms with Crippen LogP contribution < -0.4 is 16.0 Å². The van der Waals surface area contributed by atoms with E-state index >= 15 is 0 Å². The van der Waals surface area contributed by atoms with Gasteiger partial charge in [-0.05, 0) is 32.1 Å². The summed E-state index contributed by atoms with van der Waals surface area (Å²) in [4.78, 5) is 37.0. The molecule has 0 aromatic heterocycles. The van der Waals surface area contributed by atoms with Gasteiger partial charge in [-0.1, -0.05) is 66.8 Å². The third-order valence-electron chi connectivity index (χ3n) is 4.04. The summed E-state index contributed by atoms with van der Waals surface area (Å²) in [5, 5.41) is 7.84. The van der Waals surface area contributed by atoms with Gasteiger partial charge in [0.15, 0.2) is 5.78 Å². The predicted octanol–water partition coefficient (Wildman–Crippen LogP) is 4.19. The average Bonchev–Trinajstić information content (AvgIpc) is 2.77. The molecule has 0 radical (unpaired) electrons. The molecular formula is C24H25N3O3. The maximum atomic E-state index is 12.7. The Hall–Kier alpha value is -3.93. The first kappa shape index (κ1) is 22.4. The molecule has 0 fully saturated rings. The van der Waals surface area contributed by atoms with Gasteiger partial charge >= 0.3 is 6.03 Å². The number of amides is 3. The van der Waals surface area contributed by atoms with Crippen molar-refractivity contribution < 1.29 is 14.4 Å². The Morgan fingerprint density at radius 2 is 1.60 bits per heavy atom. The van der Waals surface area contributed by atoms with E-state index in [1.807, 2.05) is 25.1 Å². The first-order chi connectivity index (χ1) is 14.5. The zero-order chi connectivity index (χ0) is 21.8. The Kier molecular flexibility index (Phi) is 8.80. The molecule has 2 aromatic carbocycles. The quantitative estimate of drug-likeness (QED) is 0.456. The number of carbonyl (C=O) groups is 3. The number of benzene rings is 2. The number of hydrogen-bond donors (Lipinski definition) is 3. The molecule has 0 saturated carbocycles. The van der Waals surface area contributed by atoms with Crippen molar-refractivity contribution in [1.82, 2.24) is 10.6 Å². The molecule has 0 aliphatic carbocycles. The second-order valence-electron chi connectivity index (χ2n) is 6.23. The van der Waals surface area contributed by atoms with E-state index in [1.54, 1.807) is 73.7 Å². The Bertz CT molecular complexity index is 976. The van der Waals surface area contributed by atoms with E-state index in [0.29, 0.717) is 22.5 Å². The molecule has 3 amide bonds. The maximum Gasteiger partial charge on any atom is 0.319 e. The summed E-state index contributed by atoms with van der Waals surface area (Å²) in [5.41, 5.74) is 1.90. The Labute approximate surface area is 176 Å². The van der Waals surface area contributed by atoms with E-state index in [9.17, 15) is 14.4 Å². The summed E-state index contributed by atoms with van der Waals surface area (Å²) >= 11 is 0. The molecule has 0 aliphatic heterocycles. The molecule has 0 aliphatic rings. The number of ketones is 1. The van der Waals surface area contributed by atoms with E-state index < -0.39 is 11.9 Å². The van der Waals surface area contributed by atoms with Gasteiger partial charge in [-0.2, -0.15) is 0 Å². The summed E-state index contributed by atoms with van der Waals surface area (Å²) in [7, 11) is 0. The van der Waals surface area contributed by atoms with Gasteiger partial charge < -0.3 is 16.0 Å². The molecule has 0 spiro atoms. The molecule has 154 valence electrons. The highest BCUT2D eigenvalue weighted by Gasteiger charge is 2.15. The molecule has 0 saturated heterocycles. The van der Waals surface area contributed by atoms with Crippen LogP contribution >= 0.6 is 0 Å². The lowest BCUT2D eigenvalue weighted by Gasteiger charge is -2.12. The molecule has 6 heteroatoms. The summed E-state index contributed by atoms with van der Waals surface area (Å²) < 4.78 is 0. The summed E-state index contributed by atoms with van der Waals surface area (Å²) in [6.45, 7) is 3.45. The average molecular weight is 403 g/mol. The second kappa shape index (κ2) is 11.8. The molecule has 2 rings (SSSR count). The van der Waals surface area contributed by atoms with Crippen LogP contribution in [0.15, 0.2) is 90.7 Å². The van der Waals surface area contributed by atoms with Gasteiger partial charge in [0.05, 0.1) is 12.2 Å². The third-order valence-corrected chi connectivity index (χ3v) is 4.04. The van der Waals surface area contributed by atoms with Crippen LogP contribution in [-0.4, -0.2) is 24.3 Å². The summed E-state index contributed by atoms with van der Waals surface area (Å²) in [6.07, 6.45) is 8.98. The normalized spacial score (nSPS) is 11.5. The largest absolute Gasteiger partial charge is 0.329 e. The number of hydrogen-bond acceptors (Lipinski definition) is 3. The lowest BCUT2D eigenvalue weighted by Crippen LogP contribution is -2.39. The van der Waals surface area contributed by atoms with E-state index in [2.05, 4.69) is 16.0 Å². The fourth-order valence-corrected chi connectivity index (χ4v) is 2.55. The third kappa shape index (κ3) is 6.91. The molecule has 30 heavy (non-hydrogen) atoms. The second-order valence-corrected chi connectivity index (χ2v) is 6.23. The number of carbonyl (C=O) groups excluding carboxylic acids is 3. The molecule has 0 unspecified atom stereocenters. The van der Waals surface area contributed by atoms with Gasteiger partial charge in [0.2, 0.25) is 5.91 Å². The standard InChI is InChI=1S/C24H25N3O3/c1-3-5-7-14-19(4-2)26-24(30)25-17-22(28)27-21-16-11-10-15-20(21)23(29)18-12-8-6-9-13-18/h3-16H,17H2,1-2H3,(H,27,28)(H2,25,26,30)/b5-3-,14-7-,19-4+. The number of urea groups is 1. The number of para-hydroxylation sites is 1. The van der Waals surface area contributed by atoms with Crippen molar-refractivity contribution in [2.24, 2.45) is 0 Å². The SMILES string of the molecule is C\C=C/C=C\C(=C/C)NC(=O)NCC(=O)Nc1ccccc1C(=O)c1ccccc1. The van der Waals surface area contributed by atoms with Gasteiger partial charge in [-0.25, -0.2) is 4.79 Å². The van der Waals surface area contributed by atoms with Crippen LogP contribution in [0.25, 0.3) is 0 Å². The molecule has 0 heterocycles. The van der Waals surface area contributed by atoms with Gasteiger partial charge in [-0.15, -0.1) is 0 Å². The number of allylic oxidation sites excluding steroid dienone is 5. The Morgan fingerprint density at radius 3 is 2.30 bits per heavy atom. The van der Waals surface area contributed by atoms with E-state index in [-0.39, 0.29) is 12.3 Å². The fourth-order valence-electron chi connectivity index (χ4n) is 2.55. The Balaban J connectivity index is 1.96. The van der Waals surface area contributed by atoms with Gasteiger partial charge in [0, 0.05) is 16.8 Å². The zero-order valence-electron chi connectivity index (χ0n) is 17.0. The van der Waals surface area contributed by atoms with Crippen LogP contribution in [-0.2, 0) is 4.79 Å². The molecule has 3 N–H and O–H groups in total. The molecule has 0 bridgehead atoms. The molecule has 0 atom stereocenters. The highest BCUT2D eigenvalue weighted by molar-refractivity contribution is 6.14. The minimum absolute atomic E-state index is 0.192. The van der Waals surface area contributed by atoms with Gasteiger partial charge in [0.25, 0.3) is 0 Å². The minimum atomic E-state index is -0.503. The first-order valence-electron chi connectivity index (χ1n) is 9.54. The number of nitrogens with one attached hydrogen (secondary N) is 3. The number of rotatable bonds is 8. The van der Waals surface area contributed by atoms with Crippen LogP contribution in [0.5, 0.6) is 0 Å². The first-order valence-corrected chi connectivity index (χ1v) is 9.54. The van der Waals surface area contributed by atoms with Crippen molar-refractivity contribution in [2.75, 3.05) is 11.9 Å². The monoisotopic (exact) mass is 403 g/mol. The van der Waals surface area contributed by atoms with E-state index in [1.165, 1.54) is 0 Å². The summed E-state index contributed by atoms with van der Waals surface area (Å²) in [5.74, 6) is -0.632. The predicted molar refractivity (Wildman–Crippen MR) is 119 cm³/mol. The van der Waals surface area contributed by atoms with Crippen LogP contribution in [0.2, 0.25) is 0 Å². The minimum Gasteiger partial charge on any atom is -0.329 e. The smallest absolute Gasteiger partial charge is 0.319 e. The number of anilines is 1. The van der Waals surface area contributed by atoms with Crippen molar-refractivity contribution in [3.05, 3.63) is 102 Å². The Morgan fingerprint density at radius 1 is 0.900 bits per heavy atom. The summed E-state index contributed by atoms with van der Waals surface area (Å²) in [6, 6.07) is 15.1. The van der Waals surface area contributed by atoms with E-state index in [4.69, 9.17) is 0 Å². The van der Waals surface area contributed by atoms with Crippen molar-refractivity contribution in [3.8, 4) is 0 Å². The van der Waals surface area contributed by atoms with Crippen molar-refractivity contribution >= 4 is 23.4 Å². The van der Waals surface area contributed by atoms with Crippen LogP contribution in [0.4, 0.5) is 10.5 Å². The molecule has 6 nitrogen and oxygen atoms in total. The zero-order valence-corrected chi connectivity index (χ0v) is 17.0. The van der Waals surface area contributed by atoms with Crippen LogP contribution in [0.1, 0.15) is 29.8 Å². The van der Waals surface area contributed by atoms with Gasteiger partial charge in [-0.3, -0.25) is 9.59 Å². The molecular weight excluding hydrogens is 378 g/mol. The van der Waals surface area contributed by atoms with Crippen molar-refractivity contribution in [1.29, 1.82) is 0 Å². The van der Waals surface area contributed by atoms with Gasteiger partial charge in [0.1, 0.15) is 0 Å². The van der Waals surface area contributed by atoms with Crippen molar-refractivity contribution in [3.63, 3.8) is 0 Å².